The molecule has 3 rings (SSSR count). The molecule has 2 aliphatic rings. The Morgan fingerprint density at radius 3 is 3.09 bits per heavy atom. The zero-order valence-electron chi connectivity index (χ0n) is 12.2. The first-order valence-electron chi connectivity index (χ1n) is 7.51. The van der Waals surface area contributed by atoms with Crippen LogP contribution < -0.4 is 16.0 Å². The molecule has 0 aliphatic carbocycles. The van der Waals surface area contributed by atoms with Crippen molar-refractivity contribution in [2.24, 2.45) is 0 Å². The summed E-state index contributed by atoms with van der Waals surface area (Å²) in [6, 6.07) is 4.90. The van der Waals surface area contributed by atoms with Crippen molar-refractivity contribution >= 4 is 23.2 Å². The van der Waals surface area contributed by atoms with Crippen LogP contribution >= 0.6 is 11.6 Å². The number of halogens is 2. The van der Waals surface area contributed by atoms with Gasteiger partial charge < -0.3 is 10.6 Å². The Morgan fingerprint density at radius 2 is 2.32 bits per heavy atom. The van der Waals surface area contributed by atoms with Crippen molar-refractivity contribution in [1.82, 2.24) is 15.5 Å². The molecule has 2 fully saturated rings. The number of anilines is 1. The zero-order chi connectivity index (χ0) is 15.5. The van der Waals surface area contributed by atoms with Crippen molar-refractivity contribution in [3.05, 3.63) is 29.0 Å². The van der Waals surface area contributed by atoms with Crippen LogP contribution in [0.3, 0.4) is 0 Å². The molecule has 0 saturated carbocycles. The Kier molecular flexibility index (Phi) is 4.81. The summed E-state index contributed by atoms with van der Waals surface area (Å²) in [5.41, 5.74) is 0.813. The van der Waals surface area contributed by atoms with E-state index >= 15 is 0 Å². The van der Waals surface area contributed by atoms with Crippen LogP contribution in [0.25, 0.3) is 0 Å². The van der Waals surface area contributed by atoms with E-state index in [0.717, 1.165) is 31.6 Å². The summed E-state index contributed by atoms with van der Waals surface area (Å²) >= 11 is 5.81. The van der Waals surface area contributed by atoms with E-state index in [4.69, 9.17) is 11.6 Å². The van der Waals surface area contributed by atoms with Crippen molar-refractivity contribution < 1.29 is 9.18 Å². The number of hydrogen-bond donors (Lipinski definition) is 2. The van der Waals surface area contributed by atoms with Crippen LogP contribution in [-0.4, -0.2) is 49.2 Å². The smallest absolute Gasteiger partial charge is 0.234 e. The Bertz CT molecular complexity index is 556. The van der Waals surface area contributed by atoms with Gasteiger partial charge in [0.25, 0.3) is 0 Å². The van der Waals surface area contributed by atoms with Crippen LogP contribution in [0.4, 0.5) is 10.1 Å². The number of piperazine rings is 1. The van der Waals surface area contributed by atoms with E-state index in [1.165, 1.54) is 6.07 Å². The van der Waals surface area contributed by atoms with Gasteiger partial charge >= 0.3 is 0 Å². The molecule has 7 heteroatoms. The summed E-state index contributed by atoms with van der Waals surface area (Å²) in [6.07, 6.45) is 1.82. The van der Waals surface area contributed by atoms with Crippen LogP contribution in [0.2, 0.25) is 5.02 Å². The zero-order valence-corrected chi connectivity index (χ0v) is 12.9. The molecule has 22 heavy (non-hydrogen) atoms. The summed E-state index contributed by atoms with van der Waals surface area (Å²) in [5, 5.41) is 11.0. The average Bonchev–Trinajstić information content (AvgIpc) is 2.51. The van der Waals surface area contributed by atoms with Gasteiger partial charge in [-0.2, -0.15) is 0 Å². The highest BCUT2D eigenvalue weighted by molar-refractivity contribution is 6.31. The number of piperidine rings is 1. The monoisotopic (exact) mass is 325 g/mol. The van der Waals surface area contributed by atoms with Gasteiger partial charge in [0.15, 0.2) is 0 Å². The lowest BCUT2D eigenvalue weighted by Gasteiger charge is -2.39. The van der Waals surface area contributed by atoms with Gasteiger partial charge in [0.05, 0.1) is 17.7 Å². The van der Waals surface area contributed by atoms with Crippen LogP contribution in [0.5, 0.6) is 0 Å². The SMILES string of the molecule is O=C1CN(C2CC(Nc3ccc(F)c(Cl)c3)CC[N]2)CCN1. The number of carbonyl (C=O) groups excluding carboxylic acids is 1. The predicted molar refractivity (Wildman–Crippen MR) is 83.4 cm³/mol. The van der Waals surface area contributed by atoms with E-state index in [2.05, 4.69) is 20.9 Å². The number of amides is 1. The van der Waals surface area contributed by atoms with E-state index in [-0.39, 0.29) is 23.1 Å². The lowest BCUT2D eigenvalue weighted by atomic mass is 10.0. The van der Waals surface area contributed by atoms with Gasteiger partial charge in [-0.3, -0.25) is 9.69 Å². The van der Waals surface area contributed by atoms with Crippen molar-refractivity contribution in [2.75, 3.05) is 31.5 Å². The predicted octanol–water partition coefficient (Wildman–Crippen LogP) is 1.42. The van der Waals surface area contributed by atoms with Gasteiger partial charge in [-0.1, -0.05) is 11.6 Å². The van der Waals surface area contributed by atoms with Crippen LogP contribution in [-0.2, 0) is 4.79 Å². The summed E-state index contributed by atoms with van der Waals surface area (Å²) in [4.78, 5) is 13.6. The third-order valence-corrected chi connectivity index (χ3v) is 4.38. The number of nitrogens with zero attached hydrogens (tertiary/aromatic N) is 2. The quantitative estimate of drug-likeness (QED) is 0.883. The number of carbonyl (C=O) groups is 1. The third kappa shape index (κ3) is 3.69. The summed E-state index contributed by atoms with van der Waals surface area (Å²) in [7, 11) is 0. The molecule has 119 valence electrons. The highest BCUT2D eigenvalue weighted by Gasteiger charge is 2.30. The maximum absolute atomic E-state index is 13.2. The second-order valence-electron chi connectivity index (χ2n) is 5.70. The maximum Gasteiger partial charge on any atom is 0.234 e. The first-order valence-corrected chi connectivity index (χ1v) is 7.88. The van der Waals surface area contributed by atoms with E-state index in [0.29, 0.717) is 13.1 Å². The minimum Gasteiger partial charge on any atom is -0.382 e. The summed E-state index contributed by atoms with van der Waals surface area (Å²) in [6.45, 7) is 2.67. The second kappa shape index (κ2) is 6.81. The minimum absolute atomic E-state index is 0.0573. The molecule has 2 unspecified atom stereocenters. The molecule has 0 spiro atoms. The van der Waals surface area contributed by atoms with Gasteiger partial charge in [0, 0.05) is 31.4 Å². The topological polar surface area (TPSA) is 58.5 Å². The second-order valence-corrected chi connectivity index (χ2v) is 6.11. The van der Waals surface area contributed by atoms with E-state index in [9.17, 15) is 9.18 Å². The van der Waals surface area contributed by atoms with Gasteiger partial charge in [-0.25, -0.2) is 9.71 Å². The van der Waals surface area contributed by atoms with Crippen molar-refractivity contribution in [3.8, 4) is 0 Å². The molecule has 1 amide bonds. The highest BCUT2D eigenvalue weighted by atomic mass is 35.5. The van der Waals surface area contributed by atoms with Crippen molar-refractivity contribution in [2.45, 2.75) is 25.0 Å². The lowest BCUT2D eigenvalue weighted by Crippen LogP contribution is -2.57. The molecule has 5 nitrogen and oxygen atoms in total. The lowest BCUT2D eigenvalue weighted by molar-refractivity contribution is -0.125. The molecule has 2 aliphatic heterocycles. The van der Waals surface area contributed by atoms with Crippen LogP contribution in [0, 0.1) is 5.82 Å². The van der Waals surface area contributed by atoms with Crippen molar-refractivity contribution in [1.29, 1.82) is 0 Å². The number of benzene rings is 1. The molecule has 0 bridgehead atoms. The van der Waals surface area contributed by atoms with E-state index in [1.807, 2.05) is 0 Å². The molecule has 2 atom stereocenters. The van der Waals surface area contributed by atoms with Gasteiger partial charge in [0.1, 0.15) is 5.82 Å². The molecular weight excluding hydrogens is 307 g/mol. The molecule has 1 radical (unpaired) electrons. The largest absolute Gasteiger partial charge is 0.382 e. The number of nitrogens with one attached hydrogen (secondary N) is 2. The van der Waals surface area contributed by atoms with Gasteiger partial charge in [-0.15, -0.1) is 0 Å². The molecule has 1 aromatic rings. The van der Waals surface area contributed by atoms with Gasteiger partial charge in [0.2, 0.25) is 5.91 Å². The molecule has 2 saturated heterocycles. The first kappa shape index (κ1) is 15.5. The van der Waals surface area contributed by atoms with Gasteiger partial charge in [-0.05, 0) is 31.0 Å². The third-order valence-electron chi connectivity index (χ3n) is 4.09. The summed E-state index contributed by atoms with van der Waals surface area (Å²) < 4.78 is 13.2. The molecule has 0 aromatic heterocycles. The minimum atomic E-state index is -0.414. The van der Waals surface area contributed by atoms with Crippen LogP contribution in [0.1, 0.15) is 12.8 Å². The Labute approximate surface area is 134 Å². The average molecular weight is 326 g/mol. The number of hydrogen-bond acceptors (Lipinski definition) is 3. The van der Waals surface area contributed by atoms with E-state index in [1.54, 1.807) is 12.1 Å². The fourth-order valence-corrected chi connectivity index (χ4v) is 3.14. The fraction of sp³-hybridized carbons (Fsp3) is 0.533. The normalized spacial score (nSPS) is 26.5. The molecular formula is C15H19ClFN4O. The van der Waals surface area contributed by atoms with Crippen molar-refractivity contribution in [3.63, 3.8) is 0 Å². The molecule has 2 heterocycles. The standard InChI is InChI=1S/C15H19ClFN4O/c16-12-7-10(1-2-13(12)17)20-11-3-4-18-14(8-11)21-6-5-19-15(22)9-21/h1-2,7,11,14,20H,3-6,8-9H2,(H,19,22). The Morgan fingerprint density at radius 1 is 1.45 bits per heavy atom. The fourth-order valence-electron chi connectivity index (χ4n) is 2.96. The maximum atomic E-state index is 13.2. The molecule has 1 aromatic carbocycles. The Balaban J connectivity index is 1.60. The van der Waals surface area contributed by atoms with E-state index < -0.39 is 5.82 Å². The first-order chi connectivity index (χ1) is 10.6. The summed E-state index contributed by atoms with van der Waals surface area (Å²) in [5.74, 6) is -0.357. The number of rotatable bonds is 3. The Hall–Kier alpha value is -1.37. The molecule has 2 N–H and O–H groups in total. The van der Waals surface area contributed by atoms with Crippen LogP contribution in [0.15, 0.2) is 18.2 Å². The highest BCUT2D eigenvalue weighted by Crippen LogP contribution is 2.23.